The van der Waals surface area contributed by atoms with E-state index >= 15 is 0 Å². The zero-order valence-electron chi connectivity index (χ0n) is 16.5. The van der Waals surface area contributed by atoms with Gasteiger partial charge in [0.1, 0.15) is 0 Å². The molecule has 3 N–H and O–H groups in total. The summed E-state index contributed by atoms with van der Waals surface area (Å²) >= 11 is 0. The molecular weight excluding hydrogens is 344 g/mol. The van der Waals surface area contributed by atoms with Gasteiger partial charge in [-0.25, -0.2) is 4.99 Å². The Morgan fingerprint density at radius 3 is 2.59 bits per heavy atom. The van der Waals surface area contributed by atoms with Crippen molar-refractivity contribution in [3.05, 3.63) is 35.4 Å². The molecule has 27 heavy (non-hydrogen) atoms. The molecule has 1 aliphatic heterocycles. The van der Waals surface area contributed by atoms with Crippen LogP contribution in [-0.2, 0) is 17.8 Å². The van der Waals surface area contributed by atoms with Crippen molar-refractivity contribution < 1.29 is 14.3 Å². The van der Waals surface area contributed by atoms with Crippen LogP contribution in [0.25, 0.3) is 0 Å². The Hall–Kier alpha value is -2.70. The van der Waals surface area contributed by atoms with E-state index in [2.05, 4.69) is 16.9 Å². The SMILES string of the molecule is C=C(C)CN=C(N)NCCCC(=O)N1CCc2cc(OC)c(OC)cc2C1. The summed E-state index contributed by atoms with van der Waals surface area (Å²) in [5.74, 6) is 1.96. The van der Waals surface area contributed by atoms with E-state index in [4.69, 9.17) is 15.2 Å². The number of carbonyl (C=O) groups excluding carboxylic acids is 1. The fraction of sp³-hybridized carbons (Fsp3) is 0.500. The maximum Gasteiger partial charge on any atom is 0.222 e. The number of aliphatic imine (C=N–C) groups is 1. The molecule has 0 saturated carbocycles. The van der Waals surface area contributed by atoms with Crippen LogP contribution in [0.2, 0.25) is 0 Å². The van der Waals surface area contributed by atoms with Crippen molar-refractivity contribution in [3.63, 3.8) is 0 Å². The van der Waals surface area contributed by atoms with Gasteiger partial charge < -0.3 is 25.4 Å². The first kappa shape index (κ1) is 20.6. The van der Waals surface area contributed by atoms with Crippen molar-refractivity contribution in [1.82, 2.24) is 10.2 Å². The molecule has 7 nitrogen and oxygen atoms in total. The second-order valence-electron chi connectivity index (χ2n) is 6.73. The lowest BCUT2D eigenvalue weighted by molar-refractivity contribution is -0.132. The van der Waals surface area contributed by atoms with Crippen molar-refractivity contribution in [1.29, 1.82) is 0 Å². The monoisotopic (exact) mass is 374 g/mol. The van der Waals surface area contributed by atoms with Crippen molar-refractivity contribution in [2.45, 2.75) is 32.7 Å². The third-order valence-electron chi connectivity index (χ3n) is 4.46. The summed E-state index contributed by atoms with van der Waals surface area (Å²) in [7, 11) is 3.25. The molecule has 0 fully saturated rings. The summed E-state index contributed by atoms with van der Waals surface area (Å²) < 4.78 is 10.7. The van der Waals surface area contributed by atoms with Gasteiger partial charge in [0.25, 0.3) is 0 Å². The molecule has 1 heterocycles. The first-order valence-corrected chi connectivity index (χ1v) is 9.14. The minimum atomic E-state index is 0.148. The Labute approximate surface area is 161 Å². The number of amides is 1. The van der Waals surface area contributed by atoms with Crippen LogP contribution in [0, 0.1) is 0 Å². The zero-order chi connectivity index (χ0) is 19.8. The van der Waals surface area contributed by atoms with E-state index in [1.54, 1.807) is 14.2 Å². The van der Waals surface area contributed by atoms with Gasteiger partial charge in [-0.3, -0.25) is 4.79 Å². The zero-order valence-corrected chi connectivity index (χ0v) is 16.5. The van der Waals surface area contributed by atoms with E-state index in [0.717, 1.165) is 29.9 Å². The van der Waals surface area contributed by atoms with Gasteiger partial charge in [0.2, 0.25) is 5.91 Å². The second kappa shape index (κ2) is 9.85. The Balaban J connectivity index is 1.83. The summed E-state index contributed by atoms with van der Waals surface area (Å²) in [4.78, 5) is 18.6. The summed E-state index contributed by atoms with van der Waals surface area (Å²) in [6.45, 7) is 8.13. The molecule has 0 spiro atoms. The lowest BCUT2D eigenvalue weighted by Crippen LogP contribution is -2.37. The Morgan fingerprint density at radius 1 is 1.30 bits per heavy atom. The third-order valence-corrected chi connectivity index (χ3v) is 4.46. The van der Waals surface area contributed by atoms with Gasteiger partial charge >= 0.3 is 0 Å². The van der Waals surface area contributed by atoms with E-state index < -0.39 is 0 Å². The molecule has 0 aromatic heterocycles. The highest BCUT2D eigenvalue weighted by Gasteiger charge is 2.22. The minimum Gasteiger partial charge on any atom is -0.493 e. The Morgan fingerprint density at radius 2 is 1.96 bits per heavy atom. The van der Waals surface area contributed by atoms with Gasteiger partial charge in [0, 0.05) is 26.1 Å². The number of nitrogens with one attached hydrogen (secondary N) is 1. The highest BCUT2D eigenvalue weighted by molar-refractivity contribution is 5.78. The Kier molecular flexibility index (Phi) is 7.52. The molecule has 1 aromatic carbocycles. The van der Waals surface area contributed by atoms with E-state index in [0.29, 0.717) is 44.2 Å². The summed E-state index contributed by atoms with van der Waals surface area (Å²) in [5.41, 5.74) is 9.04. The first-order valence-electron chi connectivity index (χ1n) is 9.14. The fourth-order valence-corrected chi connectivity index (χ4v) is 2.99. The fourth-order valence-electron chi connectivity index (χ4n) is 2.99. The number of benzene rings is 1. The Bertz CT molecular complexity index is 715. The third kappa shape index (κ3) is 5.91. The number of nitrogens with two attached hydrogens (primary N) is 1. The quantitative estimate of drug-likeness (QED) is 0.314. The van der Waals surface area contributed by atoms with Crippen LogP contribution in [0.15, 0.2) is 29.3 Å². The molecule has 0 unspecified atom stereocenters. The molecule has 0 radical (unpaired) electrons. The molecule has 148 valence electrons. The lowest BCUT2D eigenvalue weighted by atomic mass is 9.98. The van der Waals surface area contributed by atoms with Crippen LogP contribution in [0.3, 0.4) is 0 Å². The number of carbonyl (C=O) groups is 1. The highest BCUT2D eigenvalue weighted by atomic mass is 16.5. The molecule has 0 aliphatic carbocycles. The number of hydrogen-bond acceptors (Lipinski definition) is 4. The van der Waals surface area contributed by atoms with E-state index in [1.807, 2.05) is 24.0 Å². The van der Waals surface area contributed by atoms with Gasteiger partial charge in [-0.15, -0.1) is 0 Å². The average Bonchev–Trinajstić information content (AvgIpc) is 2.67. The lowest BCUT2D eigenvalue weighted by Gasteiger charge is -2.29. The van der Waals surface area contributed by atoms with Crippen LogP contribution in [0.4, 0.5) is 0 Å². The topological polar surface area (TPSA) is 89.2 Å². The molecule has 1 amide bonds. The number of hydrogen-bond donors (Lipinski definition) is 2. The van der Waals surface area contributed by atoms with Crippen molar-refractivity contribution in [2.75, 3.05) is 33.9 Å². The molecule has 0 bridgehead atoms. The van der Waals surface area contributed by atoms with Gasteiger partial charge in [-0.1, -0.05) is 12.2 Å². The van der Waals surface area contributed by atoms with E-state index in [1.165, 1.54) is 5.56 Å². The predicted octanol–water partition coefficient (Wildman–Crippen LogP) is 1.85. The highest BCUT2D eigenvalue weighted by Crippen LogP contribution is 2.33. The first-order chi connectivity index (χ1) is 12.9. The number of ether oxygens (including phenoxy) is 2. The number of fused-ring (bicyclic) bond motifs is 1. The molecule has 2 rings (SSSR count). The van der Waals surface area contributed by atoms with Crippen LogP contribution >= 0.6 is 0 Å². The van der Waals surface area contributed by atoms with Crippen molar-refractivity contribution in [3.8, 4) is 11.5 Å². The largest absolute Gasteiger partial charge is 0.493 e. The molecule has 7 heteroatoms. The normalized spacial score (nSPS) is 13.7. The standard InChI is InChI=1S/C20H30N4O3/c1-14(2)12-23-20(21)22-8-5-6-19(25)24-9-7-15-10-17(26-3)18(27-4)11-16(15)13-24/h10-11H,1,5-9,12-13H2,2-4H3,(H3,21,22,23). The van der Waals surface area contributed by atoms with Gasteiger partial charge in [0.15, 0.2) is 17.5 Å². The predicted molar refractivity (Wildman–Crippen MR) is 107 cm³/mol. The minimum absolute atomic E-state index is 0.148. The van der Waals surface area contributed by atoms with Crippen LogP contribution in [0.1, 0.15) is 30.9 Å². The molecule has 1 aliphatic rings. The van der Waals surface area contributed by atoms with Gasteiger partial charge in [-0.05, 0) is 43.0 Å². The second-order valence-corrected chi connectivity index (χ2v) is 6.73. The number of methoxy groups -OCH3 is 2. The van der Waals surface area contributed by atoms with Gasteiger partial charge in [-0.2, -0.15) is 0 Å². The van der Waals surface area contributed by atoms with Crippen LogP contribution in [0.5, 0.6) is 11.5 Å². The summed E-state index contributed by atoms with van der Waals surface area (Å²) in [6, 6.07) is 3.97. The smallest absolute Gasteiger partial charge is 0.222 e. The van der Waals surface area contributed by atoms with E-state index in [9.17, 15) is 4.79 Å². The number of guanidine groups is 1. The van der Waals surface area contributed by atoms with E-state index in [-0.39, 0.29) is 5.91 Å². The summed E-state index contributed by atoms with van der Waals surface area (Å²) in [6.07, 6.45) is 2.00. The van der Waals surface area contributed by atoms with Gasteiger partial charge in [0.05, 0.1) is 20.8 Å². The number of nitrogens with zero attached hydrogens (tertiary/aromatic N) is 2. The van der Waals surface area contributed by atoms with Crippen molar-refractivity contribution >= 4 is 11.9 Å². The van der Waals surface area contributed by atoms with Crippen LogP contribution < -0.4 is 20.5 Å². The van der Waals surface area contributed by atoms with Crippen LogP contribution in [-0.4, -0.2) is 50.6 Å². The van der Waals surface area contributed by atoms with Crippen molar-refractivity contribution in [2.24, 2.45) is 10.7 Å². The summed E-state index contributed by atoms with van der Waals surface area (Å²) in [5, 5.41) is 3.03. The number of rotatable bonds is 8. The maximum absolute atomic E-state index is 12.5. The molecule has 1 aromatic rings. The average molecular weight is 374 g/mol. The maximum atomic E-state index is 12.5. The molecule has 0 atom stereocenters. The molecule has 0 saturated heterocycles. The molecular formula is C20H30N4O3.